The molecule has 0 aromatic carbocycles. The Morgan fingerprint density at radius 1 is 1.53 bits per heavy atom. The van der Waals surface area contributed by atoms with Crippen LogP contribution >= 0.6 is 15.9 Å². The monoisotopic (exact) mass is 272 g/mol. The highest BCUT2D eigenvalue weighted by atomic mass is 79.9. The van der Waals surface area contributed by atoms with E-state index in [-0.39, 0.29) is 5.60 Å². The van der Waals surface area contributed by atoms with Gasteiger partial charge in [-0.3, -0.25) is 0 Å². The van der Waals surface area contributed by atoms with Crippen LogP contribution in [0, 0.1) is 0 Å². The first-order chi connectivity index (χ1) is 7.13. The van der Waals surface area contributed by atoms with Crippen molar-refractivity contribution in [3.8, 4) is 11.6 Å². The van der Waals surface area contributed by atoms with Gasteiger partial charge in [0.05, 0.1) is 7.11 Å². The van der Waals surface area contributed by atoms with Crippen molar-refractivity contribution in [1.29, 1.82) is 0 Å². The highest BCUT2D eigenvalue weighted by Gasteiger charge is 2.34. The second-order valence-electron chi connectivity index (χ2n) is 3.82. The van der Waals surface area contributed by atoms with Gasteiger partial charge in [0.25, 0.3) is 5.88 Å². The summed E-state index contributed by atoms with van der Waals surface area (Å²) in [5.74, 6) is 1.20. The third kappa shape index (κ3) is 2.23. The molecule has 1 aromatic rings. The summed E-state index contributed by atoms with van der Waals surface area (Å²) in [6.07, 6.45) is 1.69. The number of nitrogens with one attached hydrogen (secondary N) is 1. The first-order valence-corrected chi connectivity index (χ1v) is 5.51. The first kappa shape index (κ1) is 10.7. The van der Waals surface area contributed by atoms with E-state index in [0.717, 1.165) is 17.6 Å². The van der Waals surface area contributed by atoms with Gasteiger partial charge in [-0.05, 0) is 22.9 Å². The molecule has 0 amide bonds. The zero-order valence-corrected chi connectivity index (χ0v) is 10.3. The molecule has 1 aliphatic rings. The van der Waals surface area contributed by atoms with Crippen molar-refractivity contribution in [2.45, 2.75) is 12.5 Å². The molecule has 0 radical (unpaired) electrons. The zero-order chi connectivity index (χ0) is 10.9. The molecule has 4 nitrogen and oxygen atoms in total. The van der Waals surface area contributed by atoms with Crippen LogP contribution in [0.15, 0.2) is 16.7 Å². The number of nitrogens with zero attached hydrogens (tertiary/aromatic N) is 1. The van der Waals surface area contributed by atoms with Gasteiger partial charge in [0.15, 0.2) is 5.75 Å². The minimum atomic E-state index is -0.143. The van der Waals surface area contributed by atoms with Crippen LogP contribution in [-0.4, -0.2) is 30.8 Å². The minimum absolute atomic E-state index is 0.143. The Morgan fingerprint density at radius 2 is 2.27 bits per heavy atom. The summed E-state index contributed by atoms with van der Waals surface area (Å²) in [6.45, 7) is 3.76. The summed E-state index contributed by atoms with van der Waals surface area (Å²) in [5.41, 5.74) is -0.143. The van der Waals surface area contributed by atoms with Crippen molar-refractivity contribution in [2.75, 3.05) is 20.2 Å². The van der Waals surface area contributed by atoms with Crippen molar-refractivity contribution >= 4 is 15.9 Å². The lowest BCUT2D eigenvalue weighted by Gasteiger charge is -2.39. The normalized spacial score (nSPS) is 18.1. The average Bonchev–Trinajstić information content (AvgIpc) is 2.16. The molecule has 15 heavy (non-hydrogen) atoms. The Labute approximate surface area is 97.1 Å². The number of hydrogen-bond acceptors (Lipinski definition) is 4. The van der Waals surface area contributed by atoms with Crippen LogP contribution in [0.4, 0.5) is 0 Å². The highest BCUT2D eigenvalue weighted by Crippen LogP contribution is 2.31. The Bertz CT molecular complexity index is 366. The molecule has 1 fully saturated rings. The molecule has 0 atom stereocenters. The molecular formula is C10H13BrN2O2. The van der Waals surface area contributed by atoms with Crippen LogP contribution in [0.25, 0.3) is 0 Å². The van der Waals surface area contributed by atoms with Gasteiger partial charge in [-0.15, -0.1) is 0 Å². The molecule has 1 saturated heterocycles. The van der Waals surface area contributed by atoms with Crippen LogP contribution in [-0.2, 0) is 0 Å². The van der Waals surface area contributed by atoms with Gasteiger partial charge in [0.2, 0.25) is 0 Å². The van der Waals surface area contributed by atoms with Crippen LogP contribution in [0.2, 0.25) is 0 Å². The predicted molar refractivity (Wildman–Crippen MR) is 60.4 cm³/mol. The molecule has 0 aliphatic carbocycles. The zero-order valence-electron chi connectivity index (χ0n) is 8.71. The molecule has 2 rings (SSSR count). The summed E-state index contributed by atoms with van der Waals surface area (Å²) in [5, 5.41) is 3.18. The van der Waals surface area contributed by atoms with E-state index >= 15 is 0 Å². The van der Waals surface area contributed by atoms with Crippen molar-refractivity contribution < 1.29 is 9.47 Å². The minimum Gasteiger partial charge on any atom is -0.479 e. The molecular weight excluding hydrogens is 260 g/mol. The molecule has 0 spiro atoms. The average molecular weight is 273 g/mol. The molecule has 0 saturated carbocycles. The van der Waals surface area contributed by atoms with E-state index < -0.39 is 0 Å². The predicted octanol–water partition coefficient (Wildman–Crippen LogP) is 1.59. The Morgan fingerprint density at radius 3 is 2.80 bits per heavy atom. The van der Waals surface area contributed by atoms with Crippen molar-refractivity contribution in [1.82, 2.24) is 10.3 Å². The number of ether oxygens (including phenoxy) is 2. The number of rotatable bonds is 3. The van der Waals surface area contributed by atoms with Crippen molar-refractivity contribution in [2.24, 2.45) is 0 Å². The Hall–Kier alpha value is -0.810. The molecule has 1 aromatic heterocycles. The summed E-state index contributed by atoms with van der Waals surface area (Å²) in [4.78, 5) is 4.12. The maximum atomic E-state index is 5.86. The molecule has 82 valence electrons. The fourth-order valence-electron chi connectivity index (χ4n) is 1.45. The van der Waals surface area contributed by atoms with Crippen LogP contribution < -0.4 is 14.8 Å². The number of methoxy groups -OCH3 is 1. The van der Waals surface area contributed by atoms with E-state index in [9.17, 15) is 0 Å². The number of aromatic nitrogens is 1. The number of pyridine rings is 1. The van der Waals surface area contributed by atoms with Crippen LogP contribution in [0.3, 0.4) is 0 Å². The lowest BCUT2D eigenvalue weighted by atomic mass is 10.00. The van der Waals surface area contributed by atoms with E-state index in [2.05, 4.69) is 33.2 Å². The largest absolute Gasteiger partial charge is 0.479 e. The van der Waals surface area contributed by atoms with Gasteiger partial charge in [0.1, 0.15) is 5.60 Å². The third-order valence-corrected chi connectivity index (χ3v) is 2.77. The lowest BCUT2D eigenvalue weighted by molar-refractivity contribution is 0.0317. The highest BCUT2D eigenvalue weighted by molar-refractivity contribution is 9.10. The summed E-state index contributed by atoms with van der Waals surface area (Å²) >= 11 is 3.36. The Balaban J connectivity index is 2.21. The lowest BCUT2D eigenvalue weighted by Crippen LogP contribution is -2.61. The molecule has 5 heteroatoms. The van der Waals surface area contributed by atoms with Gasteiger partial charge in [0, 0.05) is 29.8 Å². The van der Waals surface area contributed by atoms with Crippen LogP contribution in [0.1, 0.15) is 6.92 Å². The SMILES string of the molecule is COc1ncc(Br)cc1OC1(C)CNC1. The summed E-state index contributed by atoms with van der Waals surface area (Å²) in [7, 11) is 1.59. The second-order valence-corrected chi connectivity index (χ2v) is 4.73. The van der Waals surface area contributed by atoms with E-state index in [0.29, 0.717) is 11.6 Å². The third-order valence-electron chi connectivity index (χ3n) is 2.33. The Kier molecular flexibility index (Phi) is 2.84. The second kappa shape index (κ2) is 3.98. The fourth-order valence-corrected chi connectivity index (χ4v) is 1.76. The van der Waals surface area contributed by atoms with E-state index in [4.69, 9.17) is 9.47 Å². The van der Waals surface area contributed by atoms with Crippen molar-refractivity contribution in [3.63, 3.8) is 0 Å². The van der Waals surface area contributed by atoms with E-state index in [1.165, 1.54) is 0 Å². The smallest absolute Gasteiger partial charge is 0.256 e. The molecule has 0 unspecified atom stereocenters. The molecule has 1 aliphatic heterocycles. The van der Waals surface area contributed by atoms with Gasteiger partial charge >= 0.3 is 0 Å². The topological polar surface area (TPSA) is 43.4 Å². The van der Waals surface area contributed by atoms with E-state index in [1.54, 1.807) is 13.3 Å². The first-order valence-electron chi connectivity index (χ1n) is 4.72. The van der Waals surface area contributed by atoms with Gasteiger partial charge < -0.3 is 14.8 Å². The van der Waals surface area contributed by atoms with Gasteiger partial charge in [-0.1, -0.05) is 0 Å². The number of hydrogen-bond donors (Lipinski definition) is 1. The maximum absolute atomic E-state index is 5.86. The molecule has 0 bridgehead atoms. The summed E-state index contributed by atoms with van der Waals surface area (Å²) in [6, 6.07) is 1.87. The fraction of sp³-hybridized carbons (Fsp3) is 0.500. The van der Waals surface area contributed by atoms with Crippen molar-refractivity contribution in [3.05, 3.63) is 16.7 Å². The van der Waals surface area contributed by atoms with Gasteiger partial charge in [-0.2, -0.15) is 0 Å². The quantitative estimate of drug-likeness (QED) is 0.908. The number of halogens is 1. The van der Waals surface area contributed by atoms with Crippen LogP contribution in [0.5, 0.6) is 11.6 Å². The molecule has 2 heterocycles. The molecule has 1 N–H and O–H groups in total. The maximum Gasteiger partial charge on any atom is 0.256 e. The van der Waals surface area contributed by atoms with E-state index in [1.807, 2.05) is 6.07 Å². The standard InChI is InChI=1S/C10H13BrN2O2/c1-10(5-12-6-10)15-8-3-7(11)4-13-9(8)14-2/h3-4,12H,5-6H2,1-2H3. The van der Waals surface area contributed by atoms with Gasteiger partial charge in [-0.25, -0.2) is 4.98 Å². The summed E-state index contributed by atoms with van der Waals surface area (Å²) < 4.78 is 11.9.